The minimum atomic E-state index is -0.0375. The highest BCUT2D eigenvalue weighted by molar-refractivity contribution is 8.00. The second-order valence-electron chi connectivity index (χ2n) is 5.49. The molecular formula is C16H24N2OS. The van der Waals surface area contributed by atoms with Gasteiger partial charge in [0.2, 0.25) is 5.91 Å². The van der Waals surface area contributed by atoms with E-state index in [-0.39, 0.29) is 11.8 Å². The second kappa shape index (κ2) is 7.70. The number of hydrogen-bond acceptors (Lipinski definition) is 3. The number of nitrogens with two attached hydrogens (primary N) is 1. The first-order valence-corrected chi connectivity index (χ1v) is 8.35. The molecule has 1 saturated carbocycles. The molecule has 3 nitrogen and oxygen atoms in total. The molecule has 0 heterocycles. The summed E-state index contributed by atoms with van der Waals surface area (Å²) in [7, 11) is 0. The van der Waals surface area contributed by atoms with Crippen molar-refractivity contribution in [1.29, 1.82) is 0 Å². The third-order valence-corrected chi connectivity index (χ3v) is 5.20. The third kappa shape index (κ3) is 4.25. The summed E-state index contributed by atoms with van der Waals surface area (Å²) in [5, 5.41) is 3.76. The van der Waals surface area contributed by atoms with E-state index < -0.39 is 0 Å². The lowest BCUT2D eigenvalue weighted by molar-refractivity contribution is -0.119. The van der Waals surface area contributed by atoms with E-state index in [1.165, 1.54) is 30.6 Å². The average molecular weight is 292 g/mol. The van der Waals surface area contributed by atoms with Crippen molar-refractivity contribution in [2.24, 2.45) is 11.7 Å². The van der Waals surface area contributed by atoms with E-state index in [0.29, 0.717) is 11.8 Å². The highest BCUT2D eigenvalue weighted by atomic mass is 32.2. The van der Waals surface area contributed by atoms with Crippen LogP contribution in [-0.2, 0) is 4.79 Å². The predicted octanol–water partition coefficient (Wildman–Crippen LogP) is 3.64. The van der Waals surface area contributed by atoms with Crippen LogP contribution in [0.15, 0.2) is 29.2 Å². The van der Waals surface area contributed by atoms with Crippen molar-refractivity contribution < 1.29 is 4.79 Å². The lowest BCUT2D eigenvalue weighted by atomic mass is 10.1. The molecule has 0 aliphatic heterocycles. The molecule has 1 unspecified atom stereocenters. The summed E-state index contributed by atoms with van der Waals surface area (Å²) in [6.45, 7) is 2.47. The molecule has 0 saturated heterocycles. The summed E-state index contributed by atoms with van der Waals surface area (Å²) >= 11 is 1.91. The van der Waals surface area contributed by atoms with Crippen LogP contribution in [0.2, 0.25) is 0 Å². The molecule has 1 fully saturated rings. The fraction of sp³-hybridized carbons (Fsp3) is 0.562. The van der Waals surface area contributed by atoms with Crippen molar-refractivity contribution in [2.45, 2.75) is 49.2 Å². The highest BCUT2D eigenvalue weighted by Gasteiger charge is 2.19. The van der Waals surface area contributed by atoms with E-state index in [2.05, 4.69) is 11.4 Å². The van der Waals surface area contributed by atoms with Gasteiger partial charge in [0.1, 0.15) is 0 Å². The average Bonchev–Trinajstić information content (AvgIpc) is 2.94. The van der Waals surface area contributed by atoms with Crippen LogP contribution < -0.4 is 11.1 Å². The number of nitrogens with one attached hydrogen (secondary N) is 1. The normalized spacial score (nSPS) is 17.1. The van der Waals surface area contributed by atoms with Gasteiger partial charge in [-0.05, 0) is 37.9 Å². The molecule has 1 aromatic rings. The molecule has 0 bridgehead atoms. The zero-order valence-electron chi connectivity index (χ0n) is 12.1. The first kappa shape index (κ1) is 15.4. The summed E-state index contributed by atoms with van der Waals surface area (Å²) in [6, 6.07) is 8.11. The number of hydrogen-bond donors (Lipinski definition) is 2. The van der Waals surface area contributed by atoms with Crippen LogP contribution in [0.5, 0.6) is 0 Å². The first-order chi connectivity index (χ1) is 9.70. The van der Waals surface area contributed by atoms with Crippen LogP contribution in [0.4, 0.5) is 5.69 Å². The third-order valence-electron chi connectivity index (χ3n) is 3.79. The number of amides is 1. The van der Waals surface area contributed by atoms with Gasteiger partial charge in [-0.3, -0.25) is 4.79 Å². The Morgan fingerprint density at radius 1 is 1.40 bits per heavy atom. The van der Waals surface area contributed by atoms with Crippen molar-refractivity contribution in [3.63, 3.8) is 0 Å². The summed E-state index contributed by atoms with van der Waals surface area (Å²) in [5.41, 5.74) is 6.46. The number of para-hydroxylation sites is 1. The molecule has 4 heteroatoms. The maximum Gasteiger partial charge on any atom is 0.227 e. The van der Waals surface area contributed by atoms with E-state index in [0.717, 1.165) is 12.1 Å². The number of rotatable bonds is 6. The summed E-state index contributed by atoms with van der Waals surface area (Å²) in [6.07, 6.45) is 5.97. The number of carbonyl (C=O) groups excluding carboxylic acids is 1. The molecule has 3 N–H and O–H groups in total. The molecule has 1 aliphatic rings. The predicted molar refractivity (Wildman–Crippen MR) is 86.0 cm³/mol. The zero-order valence-corrected chi connectivity index (χ0v) is 12.9. The first-order valence-electron chi connectivity index (χ1n) is 7.47. The molecule has 1 atom stereocenters. The zero-order chi connectivity index (χ0) is 14.4. The van der Waals surface area contributed by atoms with Crippen LogP contribution in [0.3, 0.4) is 0 Å². The lowest BCUT2D eigenvalue weighted by Crippen LogP contribution is -2.23. The molecule has 110 valence electrons. The smallest absolute Gasteiger partial charge is 0.227 e. The largest absolute Gasteiger partial charge is 0.330 e. The van der Waals surface area contributed by atoms with Gasteiger partial charge < -0.3 is 11.1 Å². The second-order valence-corrected chi connectivity index (χ2v) is 6.83. The van der Waals surface area contributed by atoms with E-state index >= 15 is 0 Å². The van der Waals surface area contributed by atoms with Gasteiger partial charge in [0.15, 0.2) is 0 Å². The molecule has 0 radical (unpaired) electrons. The van der Waals surface area contributed by atoms with E-state index in [4.69, 9.17) is 5.73 Å². The topological polar surface area (TPSA) is 55.1 Å². The molecule has 1 aliphatic carbocycles. The van der Waals surface area contributed by atoms with Gasteiger partial charge in [-0.1, -0.05) is 31.9 Å². The Bertz CT molecular complexity index is 444. The van der Waals surface area contributed by atoms with E-state index in [1.807, 2.05) is 36.9 Å². The molecule has 20 heavy (non-hydrogen) atoms. The van der Waals surface area contributed by atoms with Gasteiger partial charge in [0, 0.05) is 16.1 Å². The summed E-state index contributed by atoms with van der Waals surface area (Å²) in [5.74, 6) is 0.0273. The van der Waals surface area contributed by atoms with Crippen LogP contribution in [0.25, 0.3) is 0 Å². The van der Waals surface area contributed by atoms with Crippen molar-refractivity contribution in [1.82, 2.24) is 0 Å². The van der Waals surface area contributed by atoms with Crippen LogP contribution in [-0.4, -0.2) is 17.7 Å². The van der Waals surface area contributed by atoms with Crippen molar-refractivity contribution in [2.75, 3.05) is 11.9 Å². The van der Waals surface area contributed by atoms with Crippen molar-refractivity contribution in [3.05, 3.63) is 24.3 Å². The maximum absolute atomic E-state index is 12.1. The Morgan fingerprint density at radius 2 is 2.10 bits per heavy atom. The Kier molecular flexibility index (Phi) is 5.92. The Balaban J connectivity index is 2.01. The summed E-state index contributed by atoms with van der Waals surface area (Å²) < 4.78 is 0. The lowest BCUT2D eigenvalue weighted by Gasteiger charge is -2.16. The highest BCUT2D eigenvalue weighted by Crippen LogP contribution is 2.38. The Labute approximate surface area is 125 Å². The molecule has 2 rings (SSSR count). The monoisotopic (exact) mass is 292 g/mol. The van der Waals surface area contributed by atoms with Crippen molar-refractivity contribution >= 4 is 23.4 Å². The van der Waals surface area contributed by atoms with Gasteiger partial charge in [0.05, 0.1) is 5.69 Å². The van der Waals surface area contributed by atoms with Gasteiger partial charge in [-0.2, -0.15) is 0 Å². The van der Waals surface area contributed by atoms with Gasteiger partial charge in [0.25, 0.3) is 0 Å². The fourth-order valence-electron chi connectivity index (χ4n) is 2.50. The van der Waals surface area contributed by atoms with Gasteiger partial charge in [-0.15, -0.1) is 11.8 Å². The van der Waals surface area contributed by atoms with Gasteiger partial charge in [-0.25, -0.2) is 0 Å². The molecule has 1 aromatic carbocycles. The SMILES string of the molecule is CC(CCN)C(=O)Nc1ccccc1SC1CCCC1. The number of thioether (sulfide) groups is 1. The van der Waals surface area contributed by atoms with Crippen LogP contribution in [0, 0.1) is 5.92 Å². The molecule has 0 aromatic heterocycles. The molecule has 1 amide bonds. The van der Waals surface area contributed by atoms with E-state index in [1.54, 1.807) is 0 Å². The number of anilines is 1. The fourth-order valence-corrected chi connectivity index (χ4v) is 3.83. The molecule has 0 spiro atoms. The van der Waals surface area contributed by atoms with Gasteiger partial charge >= 0.3 is 0 Å². The number of benzene rings is 1. The minimum absolute atomic E-state index is 0.0375. The summed E-state index contributed by atoms with van der Waals surface area (Å²) in [4.78, 5) is 13.3. The Morgan fingerprint density at radius 3 is 2.80 bits per heavy atom. The van der Waals surface area contributed by atoms with Crippen LogP contribution >= 0.6 is 11.8 Å². The maximum atomic E-state index is 12.1. The minimum Gasteiger partial charge on any atom is -0.330 e. The number of carbonyl (C=O) groups is 1. The standard InChI is InChI=1S/C16H24N2OS/c1-12(10-11-17)16(19)18-14-8-4-5-9-15(14)20-13-6-2-3-7-13/h4-5,8-9,12-13H,2-3,6-7,10-11,17H2,1H3,(H,18,19). The van der Waals surface area contributed by atoms with E-state index in [9.17, 15) is 4.79 Å². The quantitative estimate of drug-likeness (QED) is 0.841. The van der Waals surface area contributed by atoms with Crippen LogP contribution in [0.1, 0.15) is 39.0 Å². The van der Waals surface area contributed by atoms with Crippen molar-refractivity contribution in [3.8, 4) is 0 Å². The Hall–Kier alpha value is -1.00. The molecular weight excluding hydrogens is 268 g/mol.